The predicted molar refractivity (Wildman–Crippen MR) is 138 cm³/mol. The summed E-state index contributed by atoms with van der Waals surface area (Å²) in [6, 6.07) is 25.2. The fraction of sp³-hybridized carbons (Fsp3) is 0.267. The maximum atomic E-state index is 2.61. The van der Waals surface area contributed by atoms with Crippen LogP contribution in [0.3, 0.4) is 0 Å². The summed E-state index contributed by atoms with van der Waals surface area (Å²) >= 11 is 0. The molecule has 2 atom stereocenters. The topological polar surface area (TPSA) is 0 Å². The molecule has 1 heteroatoms. The first-order valence-corrected chi connectivity index (χ1v) is 14.6. The molecule has 0 nitrogen and oxygen atoms in total. The summed E-state index contributed by atoms with van der Waals surface area (Å²) < 4.78 is 0. The third kappa shape index (κ3) is 3.10. The lowest BCUT2D eigenvalue weighted by molar-refractivity contribution is 0.947. The number of benzene rings is 3. The van der Waals surface area contributed by atoms with Crippen molar-refractivity contribution < 1.29 is 0 Å². The van der Waals surface area contributed by atoms with E-state index < -0.39 is 8.07 Å². The molecule has 0 bridgehead atoms. The van der Waals surface area contributed by atoms with E-state index in [1.54, 1.807) is 5.20 Å². The Bertz CT molecular complexity index is 1230. The van der Waals surface area contributed by atoms with Crippen molar-refractivity contribution in [1.82, 2.24) is 0 Å². The standard InChI is InChI=1S/C30H32Si/c1-19-15-20(2)17-24(16-19)28-18-23-11-7-8-14-27(23)30(28)31(5,6)29-21(3)25-12-9-10-13-26(25)22(29)4/h7-18,21,30H,1-6H3. The Morgan fingerprint density at radius 3 is 2.03 bits per heavy atom. The fourth-order valence-corrected chi connectivity index (χ4v) is 11.3. The Hall–Kier alpha value is -2.64. The molecule has 156 valence electrons. The van der Waals surface area contributed by atoms with Gasteiger partial charge in [0.15, 0.2) is 0 Å². The highest BCUT2D eigenvalue weighted by atomic mass is 28.3. The summed E-state index contributed by atoms with van der Waals surface area (Å²) in [5, 5.41) is 1.73. The average molecular weight is 421 g/mol. The second kappa shape index (κ2) is 7.21. The first kappa shape index (κ1) is 20.3. The van der Waals surface area contributed by atoms with Gasteiger partial charge in [-0.15, -0.1) is 0 Å². The van der Waals surface area contributed by atoms with Gasteiger partial charge in [0.25, 0.3) is 0 Å². The van der Waals surface area contributed by atoms with Crippen molar-refractivity contribution in [2.24, 2.45) is 0 Å². The van der Waals surface area contributed by atoms with E-state index in [4.69, 9.17) is 0 Å². The van der Waals surface area contributed by atoms with Crippen LogP contribution in [0.15, 0.2) is 71.9 Å². The Morgan fingerprint density at radius 1 is 0.742 bits per heavy atom. The summed E-state index contributed by atoms with van der Waals surface area (Å²) in [5.74, 6) is 0.506. The Kier molecular flexibility index (Phi) is 4.71. The first-order valence-electron chi connectivity index (χ1n) is 11.5. The lowest BCUT2D eigenvalue weighted by Gasteiger charge is -2.37. The van der Waals surface area contributed by atoms with Crippen molar-refractivity contribution in [1.29, 1.82) is 0 Å². The van der Waals surface area contributed by atoms with Crippen LogP contribution in [0, 0.1) is 13.8 Å². The molecule has 3 aromatic carbocycles. The van der Waals surface area contributed by atoms with Crippen molar-refractivity contribution in [3.63, 3.8) is 0 Å². The van der Waals surface area contributed by atoms with Crippen LogP contribution < -0.4 is 0 Å². The molecule has 0 fully saturated rings. The van der Waals surface area contributed by atoms with Gasteiger partial charge < -0.3 is 0 Å². The van der Waals surface area contributed by atoms with Gasteiger partial charge in [0.2, 0.25) is 0 Å². The summed E-state index contributed by atoms with van der Waals surface area (Å²) in [6.07, 6.45) is 2.48. The van der Waals surface area contributed by atoms with Gasteiger partial charge in [-0.05, 0) is 65.7 Å². The van der Waals surface area contributed by atoms with E-state index in [2.05, 4.69) is 114 Å². The molecule has 3 aromatic rings. The third-order valence-electron chi connectivity index (χ3n) is 7.57. The molecule has 0 N–H and O–H groups in total. The Labute approximate surface area is 188 Å². The molecular weight excluding hydrogens is 388 g/mol. The minimum absolute atomic E-state index is 0.478. The van der Waals surface area contributed by atoms with Crippen LogP contribution in [0.4, 0.5) is 0 Å². The largest absolute Gasteiger partial charge is 0.0888 e. The van der Waals surface area contributed by atoms with Crippen LogP contribution in [-0.4, -0.2) is 8.07 Å². The molecule has 0 heterocycles. The van der Waals surface area contributed by atoms with Crippen LogP contribution in [0.25, 0.3) is 17.2 Å². The Morgan fingerprint density at radius 2 is 1.35 bits per heavy atom. The maximum absolute atomic E-state index is 2.61. The highest BCUT2D eigenvalue weighted by molar-refractivity contribution is 6.88. The quantitative estimate of drug-likeness (QED) is 0.374. The number of aryl methyl sites for hydroxylation is 2. The molecule has 2 aliphatic carbocycles. The third-order valence-corrected chi connectivity index (χ3v) is 11.8. The highest BCUT2D eigenvalue weighted by Crippen LogP contribution is 2.54. The summed E-state index contributed by atoms with van der Waals surface area (Å²) in [7, 11) is -1.88. The fourth-order valence-electron chi connectivity index (χ4n) is 6.53. The molecule has 0 spiro atoms. The molecule has 2 aliphatic rings. The lowest BCUT2D eigenvalue weighted by atomic mass is 9.99. The zero-order valence-electron chi connectivity index (χ0n) is 19.6. The molecule has 0 saturated heterocycles. The molecule has 0 radical (unpaired) electrons. The molecular formula is C30H32Si. The summed E-state index contributed by atoms with van der Waals surface area (Å²) in [5.41, 5.74) is 13.5. The van der Waals surface area contributed by atoms with E-state index in [0.717, 1.165) is 0 Å². The molecule has 0 saturated carbocycles. The molecule has 5 rings (SSSR count). The average Bonchev–Trinajstić information content (AvgIpc) is 3.24. The van der Waals surface area contributed by atoms with Gasteiger partial charge in [-0.3, -0.25) is 0 Å². The van der Waals surface area contributed by atoms with Gasteiger partial charge in [-0.25, -0.2) is 0 Å². The van der Waals surface area contributed by atoms with Crippen molar-refractivity contribution in [3.05, 3.63) is 111 Å². The second-order valence-corrected chi connectivity index (χ2v) is 14.7. The molecule has 0 aromatic heterocycles. The number of hydrogen-bond donors (Lipinski definition) is 0. The first-order chi connectivity index (χ1) is 14.8. The minimum Gasteiger partial charge on any atom is -0.0694 e. The molecule has 0 amide bonds. The SMILES string of the molecule is CC1=C([Si](C)(C)C2C(c3cc(C)cc(C)c3)=Cc3ccccc32)C(C)c2ccccc21. The van der Waals surface area contributed by atoms with Gasteiger partial charge in [0, 0.05) is 5.54 Å². The number of hydrogen-bond acceptors (Lipinski definition) is 0. The van der Waals surface area contributed by atoms with E-state index in [9.17, 15) is 0 Å². The minimum atomic E-state index is -1.88. The van der Waals surface area contributed by atoms with Gasteiger partial charge in [0.1, 0.15) is 0 Å². The zero-order chi connectivity index (χ0) is 21.9. The van der Waals surface area contributed by atoms with Gasteiger partial charge >= 0.3 is 0 Å². The van der Waals surface area contributed by atoms with E-state index in [0.29, 0.717) is 11.5 Å². The van der Waals surface area contributed by atoms with Crippen LogP contribution in [0.1, 0.15) is 64.3 Å². The second-order valence-electron chi connectivity index (χ2n) is 10.1. The summed E-state index contributed by atoms with van der Waals surface area (Å²) in [6.45, 7) is 14.5. The van der Waals surface area contributed by atoms with E-state index in [-0.39, 0.29) is 0 Å². The smallest absolute Gasteiger partial charge is 0.0694 e. The predicted octanol–water partition coefficient (Wildman–Crippen LogP) is 8.32. The maximum Gasteiger partial charge on any atom is 0.0888 e. The number of fused-ring (bicyclic) bond motifs is 2. The van der Waals surface area contributed by atoms with E-state index >= 15 is 0 Å². The van der Waals surface area contributed by atoms with Gasteiger partial charge in [-0.2, -0.15) is 0 Å². The zero-order valence-corrected chi connectivity index (χ0v) is 20.6. The highest BCUT2D eigenvalue weighted by Gasteiger charge is 2.46. The number of rotatable bonds is 3. The van der Waals surface area contributed by atoms with Gasteiger partial charge in [0.05, 0.1) is 8.07 Å². The molecule has 2 unspecified atom stereocenters. The molecule has 31 heavy (non-hydrogen) atoms. The Balaban J connectivity index is 1.70. The normalized spacial score (nSPS) is 20.0. The van der Waals surface area contributed by atoms with Crippen molar-refractivity contribution in [2.75, 3.05) is 0 Å². The van der Waals surface area contributed by atoms with Crippen LogP contribution in [0.5, 0.6) is 0 Å². The van der Waals surface area contributed by atoms with Crippen LogP contribution in [-0.2, 0) is 0 Å². The van der Waals surface area contributed by atoms with Crippen molar-refractivity contribution in [3.8, 4) is 0 Å². The van der Waals surface area contributed by atoms with Crippen LogP contribution >= 0.6 is 0 Å². The van der Waals surface area contributed by atoms with Gasteiger partial charge in [-0.1, -0.05) is 109 Å². The monoisotopic (exact) mass is 420 g/mol. The molecule has 0 aliphatic heterocycles. The van der Waals surface area contributed by atoms with Crippen LogP contribution in [0.2, 0.25) is 13.1 Å². The van der Waals surface area contributed by atoms with Crippen molar-refractivity contribution in [2.45, 2.75) is 52.2 Å². The number of allylic oxidation sites excluding steroid dienone is 3. The lowest BCUT2D eigenvalue weighted by Crippen LogP contribution is -2.39. The van der Waals surface area contributed by atoms with E-state index in [1.807, 2.05) is 0 Å². The van der Waals surface area contributed by atoms with Crippen molar-refractivity contribution >= 4 is 25.3 Å². The summed E-state index contributed by atoms with van der Waals surface area (Å²) in [4.78, 5) is 0. The van der Waals surface area contributed by atoms with E-state index in [1.165, 1.54) is 50.1 Å².